The predicted molar refractivity (Wildman–Crippen MR) is 106 cm³/mol. The minimum atomic E-state index is -0.348. The van der Waals surface area contributed by atoms with Gasteiger partial charge in [-0.2, -0.15) is 0 Å². The maximum absolute atomic E-state index is 11.8. The lowest BCUT2D eigenvalue weighted by Gasteiger charge is -2.13. The molecule has 3 rings (SSSR count). The maximum atomic E-state index is 11.8. The lowest BCUT2D eigenvalue weighted by atomic mass is 10.1. The van der Waals surface area contributed by atoms with E-state index < -0.39 is 0 Å². The van der Waals surface area contributed by atoms with Gasteiger partial charge in [0.15, 0.2) is 5.11 Å². The molecule has 3 aromatic carbocycles. The fourth-order valence-electron chi connectivity index (χ4n) is 2.56. The second-order valence-corrected chi connectivity index (χ2v) is 5.82. The maximum Gasteiger partial charge on any atom is 0.338 e. The van der Waals surface area contributed by atoms with Crippen molar-refractivity contribution in [2.45, 2.75) is 6.92 Å². The highest BCUT2D eigenvalue weighted by Gasteiger charge is 2.08. The SMILES string of the molecule is CCOC(=O)c1cccc(NC(=S)Nc2cccc3ccccc23)c1. The normalized spacial score (nSPS) is 10.3. The summed E-state index contributed by atoms with van der Waals surface area (Å²) in [6.45, 7) is 2.13. The van der Waals surface area contributed by atoms with Crippen LogP contribution in [0.25, 0.3) is 10.8 Å². The van der Waals surface area contributed by atoms with Crippen LogP contribution >= 0.6 is 12.2 Å². The number of anilines is 2. The van der Waals surface area contributed by atoms with E-state index in [1.807, 2.05) is 36.4 Å². The molecule has 3 aromatic rings. The molecule has 0 heterocycles. The number of fused-ring (bicyclic) bond motifs is 1. The van der Waals surface area contributed by atoms with Crippen molar-refractivity contribution in [3.8, 4) is 0 Å². The smallest absolute Gasteiger partial charge is 0.338 e. The summed E-state index contributed by atoms with van der Waals surface area (Å²) in [7, 11) is 0. The Hall–Kier alpha value is -2.92. The van der Waals surface area contributed by atoms with Crippen LogP contribution in [-0.2, 0) is 4.74 Å². The van der Waals surface area contributed by atoms with Crippen LogP contribution in [0.4, 0.5) is 11.4 Å². The van der Waals surface area contributed by atoms with Crippen molar-refractivity contribution in [1.82, 2.24) is 0 Å². The van der Waals surface area contributed by atoms with E-state index in [1.54, 1.807) is 25.1 Å². The second-order valence-electron chi connectivity index (χ2n) is 5.41. The first kappa shape index (κ1) is 16.9. The monoisotopic (exact) mass is 350 g/mol. The average Bonchev–Trinajstić information content (AvgIpc) is 2.62. The van der Waals surface area contributed by atoms with Crippen LogP contribution in [0.1, 0.15) is 17.3 Å². The standard InChI is InChI=1S/C20H18N2O2S/c1-2-24-19(23)15-9-5-10-16(13-15)21-20(25)22-18-12-6-8-14-7-3-4-11-17(14)18/h3-13H,2H2,1H3,(H2,21,22,25). The van der Waals surface area contributed by atoms with E-state index in [0.717, 1.165) is 22.1 Å². The predicted octanol–water partition coefficient (Wildman–Crippen LogP) is 4.83. The van der Waals surface area contributed by atoms with Crippen LogP contribution in [0.3, 0.4) is 0 Å². The molecule has 0 aliphatic heterocycles. The van der Waals surface area contributed by atoms with Gasteiger partial charge in [-0.25, -0.2) is 4.79 Å². The van der Waals surface area contributed by atoms with Crippen molar-refractivity contribution >= 4 is 45.4 Å². The number of carbonyl (C=O) groups is 1. The number of carbonyl (C=O) groups excluding carboxylic acids is 1. The molecular formula is C20H18N2O2S. The molecule has 2 N–H and O–H groups in total. The Labute approximate surface area is 151 Å². The summed E-state index contributed by atoms with van der Waals surface area (Å²) in [5, 5.41) is 9.00. The fraction of sp³-hybridized carbons (Fsp3) is 0.100. The Morgan fingerprint density at radius 2 is 1.76 bits per heavy atom. The summed E-state index contributed by atoms with van der Waals surface area (Å²) in [6, 6.07) is 21.2. The van der Waals surface area contributed by atoms with E-state index in [2.05, 4.69) is 22.8 Å². The van der Waals surface area contributed by atoms with Crippen LogP contribution < -0.4 is 10.6 Å². The van der Waals surface area contributed by atoms with Crippen molar-refractivity contribution in [2.24, 2.45) is 0 Å². The number of hydrogen-bond acceptors (Lipinski definition) is 3. The van der Waals surface area contributed by atoms with Gasteiger partial charge in [-0.05, 0) is 48.8 Å². The number of ether oxygens (including phenoxy) is 1. The van der Waals surface area contributed by atoms with Crippen molar-refractivity contribution < 1.29 is 9.53 Å². The van der Waals surface area contributed by atoms with Gasteiger partial charge in [0.2, 0.25) is 0 Å². The van der Waals surface area contributed by atoms with E-state index in [1.165, 1.54) is 0 Å². The van der Waals surface area contributed by atoms with Gasteiger partial charge in [0, 0.05) is 16.8 Å². The van der Waals surface area contributed by atoms with Crippen molar-refractivity contribution in [3.63, 3.8) is 0 Å². The zero-order valence-corrected chi connectivity index (χ0v) is 14.6. The number of nitrogens with one attached hydrogen (secondary N) is 2. The van der Waals surface area contributed by atoms with E-state index in [4.69, 9.17) is 17.0 Å². The number of rotatable bonds is 4. The number of benzene rings is 3. The van der Waals surface area contributed by atoms with Gasteiger partial charge in [-0.3, -0.25) is 0 Å². The summed E-state index contributed by atoms with van der Waals surface area (Å²) in [5.41, 5.74) is 2.14. The Balaban J connectivity index is 1.74. The van der Waals surface area contributed by atoms with Crippen molar-refractivity contribution in [2.75, 3.05) is 17.2 Å². The number of hydrogen-bond donors (Lipinski definition) is 2. The third-order valence-electron chi connectivity index (χ3n) is 3.67. The zero-order chi connectivity index (χ0) is 17.6. The van der Waals surface area contributed by atoms with Gasteiger partial charge in [0.05, 0.1) is 12.2 Å². The highest BCUT2D eigenvalue weighted by molar-refractivity contribution is 7.80. The Morgan fingerprint density at radius 3 is 2.60 bits per heavy atom. The van der Waals surface area contributed by atoms with Gasteiger partial charge in [0.25, 0.3) is 0 Å². The molecule has 0 radical (unpaired) electrons. The Morgan fingerprint density at radius 1 is 1.00 bits per heavy atom. The molecule has 0 bridgehead atoms. The molecule has 0 aliphatic rings. The van der Waals surface area contributed by atoms with Crippen LogP contribution in [0.15, 0.2) is 66.7 Å². The third-order valence-corrected chi connectivity index (χ3v) is 3.87. The Kier molecular flexibility index (Phi) is 5.26. The largest absolute Gasteiger partial charge is 0.462 e. The molecule has 0 fully saturated rings. The van der Waals surface area contributed by atoms with Crippen molar-refractivity contribution in [1.29, 1.82) is 0 Å². The number of esters is 1. The molecule has 0 amide bonds. The van der Waals surface area contributed by atoms with Gasteiger partial charge in [0.1, 0.15) is 0 Å². The minimum absolute atomic E-state index is 0.345. The summed E-state index contributed by atoms with van der Waals surface area (Å²) in [4.78, 5) is 11.8. The average molecular weight is 350 g/mol. The van der Waals surface area contributed by atoms with Gasteiger partial charge in [-0.1, -0.05) is 42.5 Å². The van der Waals surface area contributed by atoms with Crippen LogP contribution in [0, 0.1) is 0 Å². The first-order chi connectivity index (χ1) is 12.2. The van der Waals surface area contributed by atoms with Crippen LogP contribution in [0.2, 0.25) is 0 Å². The molecule has 126 valence electrons. The molecular weight excluding hydrogens is 332 g/mol. The molecule has 0 aliphatic carbocycles. The molecule has 0 unspecified atom stereocenters. The lowest BCUT2D eigenvalue weighted by molar-refractivity contribution is 0.0526. The molecule has 5 heteroatoms. The Bertz CT molecular complexity index is 919. The zero-order valence-electron chi connectivity index (χ0n) is 13.8. The van der Waals surface area contributed by atoms with Crippen LogP contribution in [-0.4, -0.2) is 17.7 Å². The summed E-state index contributed by atoms with van der Waals surface area (Å²) in [5.74, 6) is -0.348. The van der Waals surface area contributed by atoms with Crippen LogP contribution in [0.5, 0.6) is 0 Å². The first-order valence-electron chi connectivity index (χ1n) is 8.00. The summed E-state index contributed by atoms with van der Waals surface area (Å²) < 4.78 is 5.02. The van der Waals surface area contributed by atoms with Crippen molar-refractivity contribution in [3.05, 3.63) is 72.3 Å². The molecule has 0 aromatic heterocycles. The first-order valence-corrected chi connectivity index (χ1v) is 8.41. The van der Waals surface area contributed by atoms with E-state index in [0.29, 0.717) is 17.3 Å². The molecule has 0 saturated carbocycles. The van der Waals surface area contributed by atoms with Gasteiger partial charge in [-0.15, -0.1) is 0 Å². The topological polar surface area (TPSA) is 50.4 Å². The van der Waals surface area contributed by atoms with E-state index in [-0.39, 0.29) is 5.97 Å². The quantitative estimate of drug-likeness (QED) is 0.522. The van der Waals surface area contributed by atoms with E-state index in [9.17, 15) is 4.79 Å². The fourth-order valence-corrected chi connectivity index (χ4v) is 2.79. The summed E-state index contributed by atoms with van der Waals surface area (Å²) >= 11 is 5.40. The highest BCUT2D eigenvalue weighted by atomic mass is 32.1. The van der Waals surface area contributed by atoms with Gasteiger partial charge < -0.3 is 15.4 Å². The van der Waals surface area contributed by atoms with Gasteiger partial charge >= 0.3 is 5.97 Å². The second kappa shape index (κ2) is 7.77. The molecule has 4 nitrogen and oxygen atoms in total. The number of thiocarbonyl (C=S) groups is 1. The molecule has 0 spiro atoms. The summed E-state index contributed by atoms with van der Waals surface area (Å²) in [6.07, 6.45) is 0. The molecule has 0 atom stereocenters. The third kappa shape index (κ3) is 4.14. The molecule has 25 heavy (non-hydrogen) atoms. The molecule has 0 saturated heterocycles. The lowest BCUT2D eigenvalue weighted by Crippen LogP contribution is -2.19. The highest BCUT2D eigenvalue weighted by Crippen LogP contribution is 2.23. The minimum Gasteiger partial charge on any atom is -0.462 e. The van der Waals surface area contributed by atoms with E-state index >= 15 is 0 Å².